The summed E-state index contributed by atoms with van der Waals surface area (Å²) in [6.45, 7) is 0. The molecule has 0 fully saturated rings. The molecule has 0 saturated heterocycles. The van der Waals surface area contributed by atoms with Crippen LogP contribution in [0.25, 0.3) is 0 Å². The third kappa shape index (κ3) is 3.63. The summed E-state index contributed by atoms with van der Waals surface area (Å²) in [6.07, 6.45) is 0. The van der Waals surface area contributed by atoms with Crippen molar-refractivity contribution in [3.05, 3.63) is 45.8 Å². The third-order valence-corrected chi connectivity index (χ3v) is 5.11. The van der Waals surface area contributed by atoms with E-state index in [-0.39, 0.29) is 10.7 Å². The van der Waals surface area contributed by atoms with Gasteiger partial charge in [0.2, 0.25) is 10.0 Å². The summed E-state index contributed by atoms with van der Waals surface area (Å²) in [5.41, 5.74) is 6.96. The molecular weight excluding hydrogens is 408 g/mol. The molecular formula is C13H13FIN3O2S. The lowest BCUT2D eigenvalue weighted by Crippen LogP contribution is -2.20. The summed E-state index contributed by atoms with van der Waals surface area (Å²) in [4.78, 5) is 0.0325. The van der Waals surface area contributed by atoms with E-state index in [0.29, 0.717) is 20.6 Å². The molecule has 4 N–H and O–H groups in total. The van der Waals surface area contributed by atoms with Crippen LogP contribution in [0.1, 0.15) is 0 Å². The number of halogens is 2. The molecule has 5 nitrogen and oxygen atoms in total. The van der Waals surface area contributed by atoms with Crippen LogP contribution in [0.2, 0.25) is 0 Å². The van der Waals surface area contributed by atoms with Gasteiger partial charge in [0.25, 0.3) is 0 Å². The first-order valence-electron chi connectivity index (χ1n) is 5.88. The molecule has 0 spiro atoms. The minimum absolute atomic E-state index is 0.0325. The molecule has 2 aromatic carbocycles. The summed E-state index contributed by atoms with van der Waals surface area (Å²) < 4.78 is 40.1. The van der Waals surface area contributed by atoms with E-state index in [4.69, 9.17) is 5.73 Å². The second kappa shape index (κ2) is 6.16. The Kier molecular flexibility index (Phi) is 4.69. The van der Waals surface area contributed by atoms with Gasteiger partial charge in [-0.25, -0.2) is 17.5 Å². The van der Waals surface area contributed by atoms with E-state index in [9.17, 15) is 12.8 Å². The summed E-state index contributed by atoms with van der Waals surface area (Å²) in [7, 11) is -2.34. The van der Waals surface area contributed by atoms with Crippen molar-refractivity contribution in [3.8, 4) is 0 Å². The van der Waals surface area contributed by atoms with Crippen LogP contribution < -0.4 is 15.8 Å². The molecule has 2 aromatic rings. The molecule has 0 aliphatic rings. The van der Waals surface area contributed by atoms with Crippen molar-refractivity contribution in [1.82, 2.24) is 4.72 Å². The zero-order valence-electron chi connectivity index (χ0n) is 11.0. The maximum atomic E-state index is 13.1. The number of benzene rings is 2. The highest BCUT2D eigenvalue weighted by Gasteiger charge is 2.17. The Hall–Kier alpha value is -1.39. The van der Waals surface area contributed by atoms with E-state index in [1.54, 1.807) is 18.2 Å². The van der Waals surface area contributed by atoms with Crippen molar-refractivity contribution < 1.29 is 12.8 Å². The van der Waals surface area contributed by atoms with Gasteiger partial charge in [0.15, 0.2) is 0 Å². The van der Waals surface area contributed by atoms with Crippen LogP contribution in [0.3, 0.4) is 0 Å². The van der Waals surface area contributed by atoms with E-state index in [1.165, 1.54) is 25.2 Å². The van der Waals surface area contributed by atoms with E-state index in [0.717, 1.165) is 0 Å². The van der Waals surface area contributed by atoms with E-state index in [1.807, 2.05) is 22.6 Å². The number of hydrogen-bond acceptors (Lipinski definition) is 4. The Morgan fingerprint density at radius 3 is 2.43 bits per heavy atom. The van der Waals surface area contributed by atoms with Gasteiger partial charge in [-0.2, -0.15) is 0 Å². The van der Waals surface area contributed by atoms with Gasteiger partial charge in [-0.05, 0) is 66.0 Å². The average molecular weight is 421 g/mol. The molecule has 0 saturated carbocycles. The molecule has 2 rings (SSSR count). The first kappa shape index (κ1) is 16.0. The van der Waals surface area contributed by atoms with Crippen molar-refractivity contribution in [2.75, 3.05) is 18.1 Å². The zero-order chi connectivity index (χ0) is 15.6. The van der Waals surface area contributed by atoms with Crippen LogP contribution in [0, 0.1) is 9.39 Å². The fourth-order valence-electron chi connectivity index (χ4n) is 1.71. The summed E-state index contributed by atoms with van der Waals surface area (Å²) in [6, 6.07) is 8.72. The Bertz CT molecular complexity index is 781. The van der Waals surface area contributed by atoms with Gasteiger partial charge >= 0.3 is 0 Å². The molecule has 21 heavy (non-hydrogen) atoms. The van der Waals surface area contributed by atoms with Crippen LogP contribution >= 0.6 is 22.6 Å². The van der Waals surface area contributed by atoms with Gasteiger partial charge in [0.05, 0.1) is 11.4 Å². The monoisotopic (exact) mass is 421 g/mol. The number of nitrogens with two attached hydrogens (primary N) is 1. The van der Waals surface area contributed by atoms with Gasteiger partial charge in [0.1, 0.15) is 10.7 Å². The lowest BCUT2D eigenvalue weighted by atomic mass is 10.2. The predicted molar refractivity (Wildman–Crippen MR) is 89.5 cm³/mol. The first-order chi connectivity index (χ1) is 9.83. The maximum Gasteiger partial charge on any atom is 0.242 e. The van der Waals surface area contributed by atoms with Crippen LogP contribution in [0.15, 0.2) is 41.3 Å². The Morgan fingerprint density at radius 1 is 1.14 bits per heavy atom. The van der Waals surface area contributed by atoms with Crippen molar-refractivity contribution in [3.63, 3.8) is 0 Å². The summed E-state index contributed by atoms with van der Waals surface area (Å²) in [5, 5.41) is 2.99. The predicted octanol–water partition coefficient (Wildman–Crippen LogP) is 2.66. The molecule has 0 atom stereocenters. The molecule has 0 aliphatic heterocycles. The van der Waals surface area contributed by atoms with E-state index < -0.39 is 10.0 Å². The number of hydrogen-bond donors (Lipinski definition) is 3. The summed E-state index contributed by atoms with van der Waals surface area (Å²) >= 11 is 1.97. The number of anilines is 3. The highest BCUT2D eigenvalue weighted by molar-refractivity contribution is 14.1. The van der Waals surface area contributed by atoms with Gasteiger partial charge in [-0.15, -0.1) is 0 Å². The quantitative estimate of drug-likeness (QED) is 0.524. The topological polar surface area (TPSA) is 84.2 Å². The lowest BCUT2D eigenvalue weighted by molar-refractivity contribution is 0.588. The normalized spacial score (nSPS) is 11.4. The van der Waals surface area contributed by atoms with Crippen LogP contribution in [-0.2, 0) is 10.0 Å². The van der Waals surface area contributed by atoms with Gasteiger partial charge in [0, 0.05) is 9.26 Å². The molecule has 0 aliphatic carbocycles. The van der Waals surface area contributed by atoms with Crippen molar-refractivity contribution in [1.29, 1.82) is 0 Å². The molecule has 0 aromatic heterocycles. The second-order valence-corrected chi connectivity index (χ2v) is 7.23. The molecule has 112 valence electrons. The minimum atomic E-state index is -3.66. The average Bonchev–Trinajstić information content (AvgIpc) is 2.43. The highest BCUT2D eigenvalue weighted by atomic mass is 127. The molecule has 0 unspecified atom stereocenters. The first-order valence-corrected chi connectivity index (χ1v) is 8.45. The van der Waals surface area contributed by atoms with Gasteiger partial charge < -0.3 is 11.1 Å². The molecule has 0 amide bonds. The summed E-state index contributed by atoms with van der Waals surface area (Å²) in [5.74, 6) is -0.356. The second-order valence-electron chi connectivity index (χ2n) is 4.21. The smallest absolute Gasteiger partial charge is 0.242 e. The SMILES string of the molecule is CNS(=O)(=O)c1cc(N)ccc1Nc1ccc(F)cc1I. The molecule has 0 radical (unpaired) electrons. The van der Waals surface area contributed by atoms with Crippen LogP contribution in [0.5, 0.6) is 0 Å². The Labute approximate surface area is 135 Å². The highest BCUT2D eigenvalue weighted by Crippen LogP contribution is 2.29. The maximum absolute atomic E-state index is 13.1. The molecule has 0 bridgehead atoms. The van der Waals surface area contributed by atoms with Crippen molar-refractivity contribution in [2.45, 2.75) is 4.90 Å². The van der Waals surface area contributed by atoms with Gasteiger partial charge in [-0.3, -0.25) is 0 Å². The van der Waals surface area contributed by atoms with Crippen LogP contribution in [0.4, 0.5) is 21.5 Å². The molecule has 0 heterocycles. The third-order valence-electron chi connectivity index (χ3n) is 2.76. The standard InChI is InChI=1S/C13H13FIN3O2S/c1-17-21(19,20)13-7-9(16)3-5-12(13)18-11-4-2-8(14)6-10(11)15/h2-7,17-18H,16H2,1H3. The fraction of sp³-hybridized carbons (Fsp3) is 0.0769. The zero-order valence-corrected chi connectivity index (χ0v) is 14.0. The lowest BCUT2D eigenvalue weighted by Gasteiger charge is -2.14. The van der Waals surface area contributed by atoms with Gasteiger partial charge in [-0.1, -0.05) is 0 Å². The number of rotatable bonds is 4. The van der Waals surface area contributed by atoms with E-state index in [2.05, 4.69) is 10.0 Å². The Morgan fingerprint density at radius 2 is 1.81 bits per heavy atom. The van der Waals surface area contributed by atoms with E-state index >= 15 is 0 Å². The fourth-order valence-corrected chi connectivity index (χ4v) is 3.24. The van der Waals surface area contributed by atoms with Crippen LogP contribution in [-0.4, -0.2) is 15.5 Å². The minimum Gasteiger partial charge on any atom is -0.399 e. The number of sulfonamides is 1. The molecule has 8 heteroatoms. The van der Waals surface area contributed by atoms with Crippen molar-refractivity contribution >= 4 is 49.7 Å². The number of nitrogens with one attached hydrogen (secondary N) is 2. The number of nitrogen functional groups attached to an aromatic ring is 1. The largest absolute Gasteiger partial charge is 0.399 e. The van der Waals surface area contributed by atoms with Crippen molar-refractivity contribution in [2.24, 2.45) is 0 Å². The Balaban J connectivity index is 2.50.